The van der Waals surface area contributed by atoms with Gasteiger partial charge in [0.05, 0.1) is 29.4 Å². The summed E-state index contributed by atoms with van der Waals surface area (Å²) in [4.78, 5) is 23.6. The van der Waals surface area contributed by atoms with E-state index in [-0.39, 0.29) is 10.9 Å². The zero-order chi connectivity index (χ0) is 24.4. The van der Waals surface area contributed by atoms with E-state index in [1.165, 1.54) is 31.6 Å². The van der Waals surface area contributed by atoms with Crippen molar-refractivity contribution in [2.24, 2.45) is 0 Å². The number of amides is 1. The second kappa shape index (κ2) is 10.2. The van der Waals surface area contributed by atoms with E-state index in [0.717, 1.165) is 26.0 Å². The summed E-state index contributed by atoms with van der Waals surface area (Å²) >= 11 is 5.90. The molecule has 2 aromatic carbocycles. The summed E-state index contributed by atoms with van der Waals surface area (Å²) in [6.07, 6.45) is 7.24. The third kappa shape index (κ3) is 5.07. The Labute approximate surface area is 207 Å². The fourth-order valence-electron chi connectivity index (χ4n) is 4.65. The maximum atomic E-state index is 13.5. The van der Waals surface area contributed by atoms with Crippen molar-refractivity contribution < 1.29 is 18.7 Å². The van der Waals surface area contributed by atoms with Gasteiger partial charge in [-0.05, 0) is 37.1 Å². The molecular weight excluding hydrogens is 473 g/mol. The molecule has 1 amide bonds. The van der Waals surface area contributed by atoms with Crippen LogP contribution in [0.3, 0.4) is 0 Å². The largest absolute Gasteiger partial charge is 0.494 e. The van der Waals surface area contributed by atoms with Crippen LogP contribution in [0.15, 0.2) is 48.8 Å². The van der Waals surface area contributed by atoms with Gasteiger partial charge in [-0.1, -0.05) is 17.7 Å². The van der Waals surface area contributed by atoms with Crippen molar-refractivity contribution in [3.05, 3.63) is 59.7 Å². The van der Waals surface area contributed by atoms with Crippen molar-refractivity contribution in [2.75, 3.05) is 37.4 Å². The molecule has 2 fully saturated rings. The predicted molar refractivity (Wildman–Crippen MR) is 133 cm³/mol. The van der Waals surface area contributed by atoms with Crippen molar-refractivity contribution in [1.29, 1.82) is 0 Å². The molecule has 0 aliphatic carbocycles. The fourth-order valence-corrected chi connectivity index (χ4v) is 4.83. The van der Waals surface area contributed by atoms with E-state index in [4.69, 9.17) is 21.1 Å². The van der Waals surface area contributed by atoms with Crippen molar-refractivity contribution in [3.8, 4) is 5.75 Å². The van der Waals surface area contributed by atoms with E-state index in [2.05, 4.69) is 25.5 Å². The van der Waals surface area contributed by atoms with E-state index < -0.39 is 5.82 Å². The molecule has 0 radical (unpaired) electrons. The van der Waals surface area contributed by atoms with Crippen LogP contribution in [-0.4, -0.2) is 59.7 Å². The lowest BCUT2D eigenvalue weighted by Crippen LogP contribution is -2.32. The molecule has 0 spiro atoms. The maximum Gasteiger partial charge on any atom is 0.248 e. The number of carbonyl (C=O) groups excluding carboxylic acids is 1. The average molecular weight is 498 g/mol. The Morgan fingerprint density at radius 2 is 2.20 bits per heavy atom. The third-order valence-electron chi connectivity index (χ3n) is 6.35. The minimum Gasteiger partial charge on any atom is -0.494 e. The molecule has 2 aliphatic heterocycles. The number of rotatable bonds is 7. The summed E-state index contributed by atoms with van der Waals surface area (Å²) in [5, 5.41) is 6.67. The molecule has 1 aromatic heterocycles. The SMILES string of the molecule is COc1cc2ncnc(Nc3ccc(F)c(Cl)c3)c2cc1NC(=O)C=CCN1CCC2OCCC21. The van der Waals surface area contributed by atoms with Crippen LogP contribution in [0, 0.1) is 5.82 Å². The van der Waals surface area contributed by atoms with Gasteiger partial charge < -0.3 is 20.1 Å². The van der Waals surface area contributed by atoms with Crippen molar-refractivity contribution in [2.45, 2.75) is 25.0 Å². The van der Waals surface area contributed by atoms with Gasteiger partial charge in [0.2, 0.25) is 5.91 Å². The molecule has 2 aliphatic rings. The van der Waals surface area contributed by atoms with Gasteiger partial charge in [0.25, 0.3) is 0 Å². The van der Waals surface area contributed by atoms with Gasteiger partial charge in [-0.25, -0.2) is 14.4 Å². The molecule has 2 saturated heterocycles. The lowest BCUT2D eigenvalue weighted by atomic mass is 10.1. The number of fused-ring (bicyclic) bond motifs is 2. The van der Waals surface area contributed by atoms with E-state index in [1.807, 2.05) is 6.08 Å². The van der Waals surface area contributed by atoms with E-state index >= 15 is 0 Å². The summed E-state index contributed by atoms with van der Waals surface area (Å²) in [5.74, 6) is 0.180. The Morgan fingerprint density at radius 1 is 1.31 bits per heavy atom. The van der Waals surface area contributed by atoms with Gasteiger partial charge in [0, 0.05) is 49.0 Å². The number of benzene rings is 2. The zero-order valence-electron chi connectivity index (χ0n) is 19.1. The van der Waals surface area contributed by atoms with Crippen LogP contribution < -0.4 is 15.4 Å². The Morgan fingerprint density at radius 3 is 3.03 bits per heavy atom. The molecule has 35 heavy (non-hydrogen) atoms. The minimum atomic E-state index is -0.506. The normalized spacial score (nSPS) is 19.9. The zero-order valence-corrected chi connectivity index (χ0v) is 19.9. The van der Waals surface area contributed by atoms with Crippen molar-refractivity contribution in [1.82, 2.24) is 14.9 Å². The number of carbonyl (C=O) groups is 1. The van der Waals surface area contributed by atoms with Crippen LogP contribution in [0.4, 0.5) is 21.6 Å². The van der Waals surface area contributed by atoms with Crippen LogP contribution in [0.5, 0.6) is 5.75 Å². The third-order valence-corrected chi connectivity index (χ3v) is 6.64. The van der Waals surface area contributed by atoms with Gasteiger partial charge in [0.15, 0.2) is 0 Å². The molecule has 5 rings (SSSR count). The van der Waals surface area contributed by atoms with Gasteiger partial charge >= 0.3 is 0 Å². The number of hydrogen-bond acceptors (Lipinski definition) is 7. The van der Waals surface area contributed by atoms with Gasteiger partial charge in [-0.3, -0.25) is 9.69 Å². The fraction of sp³-hybridized carbons (Fsp3) is 0.320. The second-order valence-electron chi connectivity index (χ2n) is 8.49. The number of methoxy groups -OCH3 is 1. The molecular formula is C25H25ClFN5O3. The van der Waals surface area contributed by atoms with Crippen LogP contribution in [0.25, 0.3) is 10.9 Å². The van der Waals surface area contributed by atoms with E-state index in [9.17, 15) is 9.18 Å². The molecule has 10 heteroatoms. The van der Waals surface area contributed by atoms with Gasteiger partial charge in [0.1, 0.15) is 23.7 Å². The first-order chi connectivity index (χ1) is 17.0. The van der Waals surface area contributed by atoms with Gasteiger partial charge in [-0.2, -0.15) is 0 Å². The second-order valence-corrected chi connectivity index (χ2v) is 8.89. The quantitative estimate of drug-likeness (QED) is 0.463. The first-order valence-electron chi connectivity index (χ1n) is 11.4. The molecule has 0 bridgehead atoms. The summed E-state index contributed by atoms with van der Waals surface area (Å²) in [5.41, 5.74) is 1.66. The predicted octanol–water partition coefficient (Wildman–Crippen LogP) is 4.53. The first-order valence-corrected chi connectivity index (χ1v) is 11.8. The molecule has 2 N–H and O–H groups in total. The highest BCUT2D eigenvalue weighted by molar-refractivity contribution is 6.31. The molecule has 3 aromatic rings. The van der Waals surface area contributed by atoms with Crippen molar-refractivity contribution >= 4 is 45.6 Å². The number of nitrogens with one attached hydrogen (secondary N) is 2. The number of nitrogens with zero attached hydrogens (tertiary/aromatic N) is 3. The molecule has 2 unspecified atom stereocenters. The summed E-state index contributed by atoms with van der Waals surface area (Å²) in [7, 11) is 1.53. The van der Waals surface area contributed by atoms with Crippen LogP contribution in [-0.2, 0) is 9.53 Å². The summed E-state index contributed by atoms with van der Waals surface area (Å²) < 4.78 is 24.7. The van der Waals surface area contributed by atoms with Crippen LogP contribution in [0.1, 0.15) is 12.8 Å². The highest BCUT2D eigenvalue weighted by Gasteiger charge is 2.37. The lowest BCUT2D eigenvalue weighted by molar-refractivity contribution is -0.111. The Balaban J connectivity index is 1.33. The standard InChI is InChI=1S/C25H25ClFN5O3/c1-34-23-13-19-16(25(29-14-28-19)30-15-4-5-18(27)17(26)11-15)12-20(23)31-24(33)3-2-8-32-9-6-22-21(32)7-10-35-22/h2-5,11-14,21-22H,6-10H2,1H3,(H,31,33)(H,28,29,30). The maximum absolute atomic E-state index is 13.5. The van der Waals surface area contributed by atoms with Gasteiger partial charge in [-0.15, -0.1) is 0 Å². The van der Waals surface area contributed by atoms with Crippen molar-refractivity contribution in [3.63, 3.8) is 0 Å². The lowest BCUT2D eigenvalue weighted by Gasteiger charge is -2.20. The highest BCUT2D eigenvalue weighted by atomic mass is 35.5. The molecule has 0 saturated carbocycles. The topological polar surface area (TPSA) is 88.6 Å². The number of anilines is 3. The molecule has 2 atom stereocenters. The van der Waals surface area contributed by atoms with E-state index in [1.54, 1.807) is 18.2 Å². The summed E-state index contributed by atoms with van der Waals surface area (Å²) in [6.45, 7) is 2.50. The Bertz CT molecular complexity index is 1290. The smallest absolute Gasteiger partial charge is 0.248 e. The Hall–Kier alpha value is -3.27. The Kier molecular flexibility index (Phi) is 6.81. The molecule has 182 valence electrons. The number of ether oxygens (including phenoxy) is 2. The number of aromatic nitrogens is 2. The number of halogens is 2. The van der Waals surface area contributed by atoms with Crippen LogP contribution in [0.2, 0.25) is 5.02 Å². The molecule has 8 nitrogen and oxygen atoms in total. The number of likely N-dealkylation sites (tertiary alicyclic amines) is 1. The van der Waals surface area contributed by atoms with E-state index in [0.29, 0.717) is 52.5 Å². The number of hydrogen-bond donors (Lipinski definition) is 2. The minimum absolute atomic E-state index is 0.000297. The monoisotopic (exact) mass is 497 g/mol. The average Bonchev–Trinajstić information content (AvgIpc) is 3.46. The van der Waals surface area contributed by atoms with Crippen LogP contribution >= 0.6 is 11.6 Å². The molecule has 3 heterocycles. The first kappa shape index (κ1) is 23.5. The highest BCUT2D eigenvalue weighted by Crippen LogP contribution is 2.34. The summed E-state index contributed by atoms with van der Waals surface area (Å²) in [6, 6.07) is 8.23.